The molecule has 3 rings (SSSR count). The number of piperazine rings is 1. The van der Waals surface area contributed by atoms with Crippen LogP contribution in [0.15, 0.2) is 48.5 Å². The first kappa shape index (κ1) is 17.6. The highest BCUT2D eigenvalue weighted by Gasteiger charge is 2.20. The molecule has 1 saturated heterocycles. The lowest BCUT2D eigenvalue weighted by atomic mass is 10.2. The average molecular weight is 359 g/mol. The summed E-state index contributed by atoms with van der Waals surface area (Å²) in [6, 6.07) is 14.7. The van der Waals surface area contributed by atoms with Crippen molar-refractivity contribution in [3.05, 3.63) is 59.9 Å². The summed E-state index contributed by atoms with van der Waals surface area (Å²) in [4.78, 5) is 4.39. The first-order chi connectivity index (χ1) is 12.2. The predicted octanol–water partition coefficient (Wildman–Crippen LogP) is 3.35. The summed E-state index contributed by atoms with van der Waals surface area (Å²) in [6.07, 6.45) is 0. The summed E-state index contributed by atoms with van der Waals surface area (Å²) in [7, 11) is 1.64. The van der Waals surface area contributed by atoms with Crippen LogP contribution in [0, 0.1) is 5.82 Å². The molecule has 1 heterocycles. The molecule has 1 aliphatic heterocycles. The lowest BCUT2D eigenvalue weighted by Crippen LogP contribution is -2.49. The average Bonchev–Trinajstić information content (AvgIpc) is 2.64. The van der Waals surface area contributed by atoms with Gasteiger partial charge in [-0.2, -0.15) is 0 Å². The van der Waals surface area contributed by atoms with Crippen LogP contribution >= 0.6 is 12.2 Å². The largest absolute Gasteiger partial charge is 0.495 e. The molecule has 0 aliphatic carbocycles. The highest BCUT2D eigenvalue weighted by molar-refractivity contribution is 7.80. The van der Waals surface area contributed by atoms with E-state index in [0.717, 1.165) is 43.2 Å². The Hall–Kier alpha value is -2.18. The molecule has 25 heavy (non-hydrogen) atoms. The number of benzene rings is 2. The van der Waals surface area contributed by atoms with Gasteiger partial charge in [0.2, 0.25) is 0 Å². The Kier molecular flexibility index (Phi) is 5.83. The van der Waals surface area contributed by atoms with Crippen molar-refractivity contribution in [2.45, 2.75) is 6.54 Å². The second-order valence-electron chi connectivity index (χ2n) is 5.99. The number of nitrogens with zero attached hydrogens (tertiary/aromatic N) is 2. The molecule has 0 atom stereocenters. The Bertz CT molecular complexity index is 732. The van der Waals surface area contributed by atoms with Crippen molar-refractivity contribution in [2.24, 2.45) is 0 Å². The molecule has 0 amide bonds. The van der Waals surface area contributed by atoms with Crippen molar-refractivity contribution in [3.63, 3.8) is 0 Å². The van der Waals surface area contributed by atoms with Gasteiger partial charge in [0, 0.05) is 38.3 Å². The second-order valence-corrected chi connectivity index (χ2v) is 6.37. The third-order valence-corrected chi connectivity index (χ3v) is 4.72. The Morgan fingerprint density at radius 1 is 1.08 bits per heavy atom. The van der Waals surface area contributed by atoms with Crippen LogP contribution in [0.2, 0.25) is 0 Å². The number of thiocarbonyl (C=S) groups is 1. The Balaban J connectivity index is 1.53. The van der Waals surface area contributed by atoms with E-state index in [9.17, 15) is 4.39 Å². The van der Waals surface area contributed by atoms with E-state index in [-0.39, 0.29) is 5.82 Å². The molecule has 132 valence electrons. The van der Waals surface area contributed by atoms with Gasteiger partial charge in [-0.3, -0.25) is 4.90 Å². The molecule has 0 unspecified atom stereocenters. The summed E-state index contributed by atoms with van der Waals surface area (Å²) >= 11 is 5.53. The van der Waals surface area contributed by atoms with Gasteiger partial charge in [-0.05, 0) is 30.4 Å². The summed E-state index contributed by atoms with van der Waals surface area (Å²) < 4.78 is 19.1. The molecule has 2 aromatic carbocycles. The molecule has 4 nitrogen and oxygen atoms in total. The van der Waals surface area contributed by atoms with Crippen LogP contribution in [-0.2, 0) is 6.54 Å². The van der Waals surface area contributed by atoms with E-state index in [2.05, 4.69) is 15.1 Å². The summed E-state index contributed by atoms with van der Waals surface area (Å²) in [5.74, 6) is 0.626. The number of hydrogen-bond donors (Lipinski definition) is 1. The second kappa shape index (κ2) is 8.27. The molecule has 1 fully saturated rings. The van der Waals surface area contributed by atoms with E-state index < -0.39 is 0 Å². The van der Waals surface area contributed by atoms with E-state index in [1.807, 2.05) is 36.4 Å². The minimum Gasteiger partial charge on any atom is -0.495 e. The summed E-state index contributed by atoms with van der Waals surface area (Å²) in [6.45, 7) is 3.96. The van der Waals surface area contributed by atoms with E-state index in [1.54, 1.807) is 13.2 Å². The molecule has 0 radical (unpaired) electrons. The minimum atomic E-state index is -0.140. The topological polar surface area (TPSA) is 27.7 Å². The smallest absolute Gasteiger partial charge is 0.173 e. The van der Waals surface area contributed by atoms with Crippen LogP contribution in [0.5, 0.6) is 5.75 Å². The number of rotatable bonds is 4. The van der Waals surface area contributed by atoms with Crippen LogP contribution < -0.4 is 10.1 Å². The van der Waals surface area contributed by atoms with E-state index in [1.165, 1.54) is 6.07 Å². The number of nitrogens with one attached hydrogen (secondary N) is 1. The molecule has 6 heteroatoms. The fourth-order valence-electron chi connectivity index (χ4n) is 2.92. The molecule has 0 bridgehead atoms. The maximum absolute atomic E-state index is 13.8. The normalized spacial score (nSPS) is 15.0. The third kappa shape index (κ3) is 4.46. The van der Waals surface area contributed by atoms with Gasteiger partial charge < -0.3 is 15.0 Å². The molecular formula is C19H22FN3OS. The zero-order valence-corrected chi connectivity index (χ0v) is 15.1. The quantitative estimate of drug-likeness (QED) is 0.845. The minimum absolute atomic E-state index is 0.140. The van der Waals surface area contributed by atoms with E-state index in [4.69, 9.17) is 17.0 Å². The fourth-order valence-corrected chi connectivity index (χ4v) is 3.21. The Labute approximate surface area is 153 Å². The molecule has 0 saturated carbocycles. The highest BCUT2D eigenvalue weighted by Crippen LogP contribution is 2.23. The van der Waals surface area contributed by atoms with Gasteiger partial charge in [-0.25, -0.2) is 4.39 Å². The molecule has 1 aliphatic rings. The lowest BCUT2D eigenvalue weighted by Gasteiger charge is -2.36. The van der Waals surface area contributed by atoms with Crippen molar-refractivity contribution in [1.29, 1.82) is 0 Å². The Morgan fingerprint density at radius 3 is 2.48 bits per heavy atom. The number of para-hydroxylation sites is 2. The van der Waals surface area contributed by atoms with Crippen molar-refractivity contribution in [2.75, 3.05) is 38.6 Å². The fraction of sp³-hybridized carbons (Fsp3) is 0.316. The number of halogens is 1. The molecule has 0 aromatic heterocycles. The van der Waals surface area contributed by atoms with Crippen molar-refractivity contribution in [1.82, 2.24) is 9.80 Å². The van der Waals surface area contributed by atoms with Crippen LogP contribution in [0.4, 0.5) is 10.1 Å². The molecule has 1 N–H and O–H groups in total. The summed E-state index contributed by atoms with van der Waals surface area (Å²) in [5, 5.41) is 3.95. The zero-order valence-electron chi connectivity index (χ0n) is 14.2. The van der Waals surface area contributed by atoms with Crippen LogP contribution in [0.3, 0.4) is 0 Å². The zero-order chi connectivity index (χ0) is 17.6. The first-order valence-electron chi connectivity index (χ1n) is 8.32. The van der Waals surface area contributed by atoms with Gasteiger partial charge in [-0.15, -0.1) is 0 Å². The van der Waals surface area contributed by atoms with Gasteiger partial charge >= 0.3 is 0 Å². The first-order valence-corrected chi connectivity index (χ1v) is 8.73. The molecule has 0 spiro atoms. The van der Waals surface area contributed by atoms with Gasteiger partial charge in [0.05, 0.1) is 12.8 Å². The number of hydrogen-bond acceptors (Lipinski definition) is 3. The maximum atomic E-state index is 13.8. The van der Waals surface area contributed by atoms with Gasteiger partial charge in [0.15, 0.2) is 5.11 Å². The lowest BCUT2D eigenvalue weighted by molar-refractivity contribution is 0.175. The maximum Gasteiger partial charge on any atom is 0.173 e. The van der Waals surface area contributed by atoms with E-state index >= 15 is 0 Å². The van der Waals surface area contributed by atoms with Gasteiger partial charge in [-0.1, -0.05) is 30.3 Å². The van der Waals surface area contributed by atoms with E-state index in [0.29, 0.717) is 11.7 Å². The van der Waals surface area contributed by atoms with Crippen LogP contribution in [-0.4, -0.2) is 48.2 Å². The third-order valence-electron chi connectivity index (χ3n) is 4.36. The van der Waals surface area contributed by atoms with Crippen molar-refractivity contribution >= 4 is 23.0 Å². The summed E-state index contributed by atoms with van der Waals surface area (Å²) in [5.41, 5.74) is 1.61. The predicted molar refractivity (Wildman–Crippen MR) is 102 cm³/mol. The van der Waals surface area contributed by atoms with Gasteiger partial charge in [0.1, 0.15) is 11.6 Å². The van der Waals surface area contributed by atoms with Crippen molar-refractivity contribution in [3.8, 4) is 5.75 Å². The Morgan fingerprint density at radius 2 is 1.76 bits per heavy atom. The van der Waals surface area contributed by atoms with Crippen LogP contribution in [0.25, 0.3) is 0 Å². The number of ether oxygens (including phenoxy) is 1. The molecular weight excluding hydrogens is 337 g/mol. The van der Waals surface area contributed by atoms with Crippen molar-refractivity contribution < 1.29 is 9.13 Å². The van der Waals surface area contributed by atoms with Crippen LogP contribution in [0.1, 0.15) is 5.56 Å². The number of methoxy groups -OCH3 is 1. The number of anilines is 1. The monoisotopic (exact) mass is 359 g/mol. The highest BCUT2D eigenvalue weighted by atomic mass is 32.1. The SMILES string of the molecule is COc1ccccc1NC(=S)N1CCN(Cc2ccccc2F)CC1. The molecule has 2 aromatic rings. The standard InChI is InChI=1S/C19H22FN3OS/c1-24-18-9-5-4-8-17(18)21-19(25)23-12-10-22(11-13-23)14-15-6-2-3-7-16(15)20/h2-9H,10-14H2,1H3,(H,21,25). The van der Waals surface area contributed by atoms with Gasteiger partial charge in [0.25, 0.3) is 0 Å².